The molecule has 0 spiro atoms. The van der Waals surface area contributed by atoms with Crippen LogP contribution in [0.4, 0.5) is 10.5 Å². The molecule has 0 fully saturated rings. The fourth-order valence-electron chi connectivity index (χ4n) is 1.67. The number of amides is 2. The number of hydrogen-bond donors (Lipinski definition) is 3. The number of nitrogens with one attached hydrogen (secondary N) is 2. The number of carbonyl (C=O) groups excluding carboxylic acids is 1. The fourth-order valence-corrected chi connectivity index (χ4v) is 1.67. The van der Waals surface area contributed by atoms with Gasteiger partial charge in [0.25, 0.3) is 0 Å². The zero-order valence-corrected chi connectivity index (χ0v) is 12.4. The van der Waals surface area contributed by atoms with Crippen molar-refractivity contribution in [3.05, 3.63) is 29.3 Å². The summed E-state index contributed by atoms with van der Waals surface area (Å²) < 4.78 is 0. The molecule has 0 saturated heterocycles. The van der Waals surface area contributed by atoms with Gasteiger partial charge < -0.3 is 15.7 Å². The third-order valence-corrected chi connectivity index (χ3v) is 3.42. The van der Waals surface area contributed by atoms with Crippen LogP contribution in [0.1, 0.15) is 43.1 Å². The van der Waals surface area contributed by atoms with Crippen molar-refractivity contribution in [2.75, 3.05) is 11.9 Å². The van der Waals surface area contributed by atoms with Gasteiger partial charge in [0.1, 0.15) is 0 Å². The highest BCUT2D eigenvalue weighted by Gasteiger charge is 2.18. The van der Waals surface area contributed by atoms with Gasteiger partial charge in [0.05, 0.1) is 11.3 Å². The van der Waals surface area contributed by atoms with E-state index in [1.165, 1.54) is 0 Å². The molecule has 0 aliphatic carbocycles. The molecular formula is C15H22N2O3. The van der Waals surface area contributed by atoms with Crippen LogP contribution in [0, 0.1) is 12.3 Å². The summed E-state index contributed by atoms with van der Waals surface area (Å²) in [4.78, 5) is 23.1. The topological polar surface area (TPSA) is 78.4 Å². The number of benzene rings is 1. The Labute approximate surface area is 119 Å². The minimum absolute atomic E-state index is 0.0135. The van der Waals surface area contributed by atoms with Crippen molar-refractivity contribution in [1.82, 2.24) is 5.32 Å². The van der Waals surface area contributed by atoms with Crippen LogP contribution in [0.25, 0.3) is 0 Å². The van der Waals surface area contributed by atoms with E-state index in [-0.39, 0.29) is 17.0 Å². The molecule has 0 aliphatic rings. The predicted molar refractivity (Wildman–Crippen MR) is 79.2 cm³/mol. The minimum Gasteiger partial charge on any atom is -0.478 e. The number of carboxylic acid groups (broad SMARTS) is 1. The first-order valence-electron chi connectivity index (χ1n) is 6.64. The maximum absolute atomic E-state index is 11.8. The summed E-state index contributed by atoms with van der Waals surface area (Å²) in [6.07, 6.45) is 0.943. The third-order valence-electron chi connectivity index (χ3n) is 3.42. The van der Waals surface area contributed by atoms with Crippen LogP contribution in [-0.2, 0) is 0 Å². The summed E-state index contributed by atoms with van der Waals surface area (Å²) in [7, 11) is 0. The van der Waals surface area contributed by atoms with Gasteiger partial charge in [-0.2, -0.15) is 0 Å². The number of carbonyl (C=O) groups is 2. The average molecular weight is 278 g/mol. The molecule has 0 atom stereocenters. The second kappa shape index (κ2) is 6.41. The molecule has 0 unspecified atom stereocenters. The van der Waals surface area contributed by atoms with Crippen molar-refractivity contribution in [2.24, 2.45) is 5.41 Å². The quantitative estimate of drug-likeness (QED) is 0.773. The van der Waals surface area contributed by atoms with E-state index in [2.05, 4.69) is 31.4 Å². The maximum Gasteiger partial charge on any atom is 0.338 e. The highest BCUT2D eigenvalue weighted by Crippen LogP contribution is 2.20. The van der Waals surface area contributed by atoms with Crippen LogP contribution in [0.2, 0.25) is 0 Å². The molecule has 5 nitrogen and oxygen atoms in total. The van der Waals surface area contributed by atoms with E-state index in [0.29, 0.717) is 17.8 Å². The summed E-state index contributed by atoms with van der Waals surface area (Å²) in [6.45, 7) is 8.41. The van der Waals surface area contributed by atoms with Crippen molar-refractivity contribution < 1.29 is 14.7 Å². The highest BCUT2D eigenvalue weighted by molar-refractivity contribution is 6.01. The molecule has 110 valence electrons. The molecule has 0 heterocycles. The minimum atomic E-state index is -1.05. The van der Waals surface area contributed by atoms with Crippen LogP contribution < -0.4 is 10.6 Å². The maximum atomic E-state index is 11.8. The SMILES string of the molecule is CCC(C)(C)CNC(=O)Nc1cccc(C)c1C(=O)O. The lowest BCUT2D eigenvalue weighted by Gasteiger charge is -2.23. The molecule has 1 rings (SSSR count). The highest BCUT2D eigenvalue weighted by atomic mass is 16.4. The second-order valence-corrected chi connectivity index (χ2v) is 5.63. The summed E-state index contributed by atoms with van der Waals surface area (Å²) >= 11 is 0. The zero-order chi connectivity index (χ0) is 15.3. The third kappa shape index (κ3) is 4.26. The molecule has 0 radical (unpaired) electrons. The first-order chi connectivity index (χ1) is 9.26. The van der Waals surface area contributed by atoms with Crippen molar-refractivity contribution in [2.45, 2.75) is 34.1 Å². The number of aryl methyl sites for hydroxylation is 1. The summed E-state index contributed by atoms with van der Waals surface area (Å²) in [5, 5.41) is 14.5. The standard InChI is InChI=1S/C15H22N2O3/c1-5-15(3,4)9-16-14(20)17-11-8-6-7-10(2)12(11)13(18)19/h6-8H,5,9H2,1-4H3,(H,18,19)(H2,16,17,20). The van der Waals surface area contributed by atoms with E-state index >= 15 is 0 Å². The van der Waals surface area contributed by atoms with Gasteiger partial charge >= 0.3 is 12.0 Å². The van der Waals surface area contributed by atoms with Gasteiger partial charge in [-0.1, -0.05) is 32.9 Å². The number of urea groups is 1. The molecule has 0 saturated carbocycles. The summed E-state index contributed by atoms with van der Waals surface area (Å²) in [6, 6.07) is 4.61. The largest absolute Gasteiger partial charge is 0.478 e. The summed E-state index contributed by atoms with van der Waals surface area (Å²) in [5.41, 5.74) is 1.06. The van der Waals surface area contributed by atoms with E-state index in [9.17, 15) is 14.7 Å². The lowest BCUT2D eigenvalue weighted by atomic mass is 9.90. The number of hydrogen-bond acceptors (Lipinski definition) is 2. The van der Waals surface area contributed by atoms with Crippen molar-refractivity contribution in [3.63, 3.8) is 0 Å². The van der Waals surface area contributed by atoms with Gasteiger partial charge in [0.2, 0.25) is 0 Å². The van der Waals surface area contributed by atoms with Gasteiger partial charge in [0, 0.05) is 6.54 Å². The predicted octanol–water partition coefficient (Wildman–Crippen LogP) is 3.25. The molecule has 2 amide bonds. The van der Waals surface area contributed by atoms with E-state index in [0.717, 1.165) is 6.42 Å². The lowest BCUT2D eigenvalue weighted by Crippen LogP contribution is -2.36. The number of aromatic carboxylic acids is 1. The zero-order valence-electron chi connectivity index (χ0n) is 12.4. The number of anilines is 1. The molecule has 0 aliphatic heterocycles. The lowest BCUT2D eigenvalue weighted by molar-refractivity contribution is 0.0697. The summed E-state index contributed by atoms with van der Waals surface area (Å²) in [5.74, 6) is -1.05. The molecule has 20 heavy (non-hydrogen) atoms. The smallest absolute Gasteiger partial charge is 0.338 e. The first-order valence-corrected chi connectivity index (χ1v) is 6.64. The molecular weight excluding hydrogens is 256 g/mol. The number of rotatable bonds is 5. The van der Waals surface area contributed by atoms with Crippen molar-refractivity contribution in [3.8, 4) is 0 Å². The molecule has 0 aromatic heterocycles. The van der Waals surface area contributed by atoms with Crippen LogP contribution in [0.5, 0.6) is 0 Å². The molecule has 1 aromatic carbocycles. The van der Waals surface area contributed by atoms with Crippen LogP contribution in [0.15, 0.2) is 18.2 Å². The Balaban J connectivity index is 2.77. The van der Waals surface area contributed by atoms with Crippen molar-refractivity contribution in [1.29, 1.82) is 0 Å². The second-order valence-electron chi connectivity index (χ2n) is 5.63. The molecule has 5 heteroatoms. The van der Waals surface area contributed by atoms with Gasteiger partial charge in [-0.3, -0.25) is 0 Å². The monoisotopic (exact) mass is 278 g/mol. The Hall–Kier alpha value is -2.04. The molecule has 0 bridgehead atoms. The normalized spacial score (nSPS) is 11.0. The van der Waals surface area contributed by atoms with Gasteiger partial charge in [-0.25, -0.2) is 9.59 Å². The Morgan fingerprint density at radius 3 is 2.50 bits per heavy atom. The van der Waals surface area contributed by atoms with Crippen LogP contribution in [-0.4, -0.2) is 23.7 Å². The van der Waals surface area contributed by atoms with E-state index in [4.69, 9.17) is 0 Å². The Kier molecular flexibility index (Phi) is 5.13. The molecule has 3 N–H and O–H groups in total. The van der Waals surface area contributed by atoms with E-state index in [1.807, 2.05) is 0 Å². The Bertz CT molecular complexity index is 510. The average Bonchev–Trinajstić information content (AvgIpc) is 2.36. The van der Waals surface area contributed by atoms with E-state index in [1.54, 1.807) is 25.1 Å². The van der Waals surface area contributed by atoms with E-state index < -0.39 is 5.97 Å². The Morgan fingerprint density at radius 1 is 1.30 bits per heavy atom. The van der Waals surface area contributed by atoms with Gasteiger partial charge in [-0.05, 0) is 30.4 Å². The van der Waals surface area contributed by atoms with Crippen LogP contribution >= 0.6 is 0 Å². The van der Waals surface area contributed by atoms with Gasteiger partial charge in [0.15, 0.2) is 0 Å². The number of carboxylic acids is 1. The van der Waals surface area contributed by atoms with Gasteiger partial charge in [-0.15, -0.1) is 0 Å². The Morgan fingerprint density at radius 2 is 1.95 bits per heavy atom. The molecule has 1 aromatic rings. The van der Waals surface area contributed by atoms with Crippen molar-refractivity contribution >= 4 is 17.7 Å². The first kappa shape index (κ1) is 16.0. The fraction of sp³-hybridized carbons (Fsp3) is 0.467. The van der Waals surface area contributed by atoms with Crippen LogP contribution in [0.3, 0.4) is 0 Å².